The molecular weight excluding hydrogens is 242 g/mol. The number of nitrogens with two attached hydrogens (primary N) is 1. The molecule has 88 valence electrons. The Morgan fingerprint density at radius 2 is 2.31 bits per heavy atom. The molecule has 0 amide bonds. The van der Waals surface area contributed by atoms with Crippen LogP contribution in [0.25, 0.3) is 0 Å². The zero-order valence-corrected chi connectivity index (χ0v) is 10.9. The van der Waals surface area contributed by atoms with Gasteiger partial charge in [-0.15, -0.1) is 0 Å². The van der Waals surface area contributed by atoms with Gasteiger partial charge in [-0.2, -0.15) is 11.8 Å². The van der Waals surface area contributed by atoms with E-state index >= 15 is 0 Å². The van der Waals surface area contributed by atoms with Crippen LogP contribution in [0.3, 0.4) is 0 Å². The van der Waals surface area contributed by atoms with Gasteiger partial charge in [-0.05, 0) is 31.0 Å². The molecule has 0 spiro atoms. The SMILES string of the molecule is CC(N)Cc1ccc(OC2CSC2)c(Cl)c1. The molecule has 4 heteroatoms. The molecule has 16 heavy (non-hydrogen) atoms. The first-order valence-corrected chi connectivity index (χ1v) is 6.97. The van der Waals surface area contributed by atoms with Gasteiger partial charge in [0.25, 0.3) is 0 Å². The Balaban J connectivity index is 2.03. The van der Waals surface area contributed by atoms with Crippen molar-refractivity contribution in [3.05, 3.63) is 28.8 Å². The molecule has 1 fully saturated rings. The first kappa shape index (κ1) is 12.1. The second-order valence-electron chi connectivity index (χ2n) is 4.22. The lowest BCUT2D eigenvalue weighted by atomic mass is 10.1. The van der Waals surface area contributed by atoms with E-state index < -0.39 is 0 Å². The molecule has 2 nitrogen and oxygen atoms in total. The minimum absolute atomic E-state index is 0.158. The predicted octanol–water partition coefficient (Wildman–Crippen LogP) is 2.72. The molecule has 1 aromatic carbocycles. The van der Waals surface area contributed by atoms with Gasteiger partial charge in [0.2, 0.25) is 0 Å². The fourth-order valence-corrected chi connectivity index (χ4v) is 2.41. The summed E-state index contributed by atoms with van der Waals surface area (Å²) in [4.78, 5) is 0. The quantitative estimate of drug-likeness (QED) is 0.901. The third-order valence-corrected chi connectivity index (χ3v) is 3.97. The van der Waals surface area contributed by atoms with E-state index in [4.69, 9.17) is 22.1 Å². The average Bonchev–Trinajstić information content (AvgIpc) is 2.12. The van der Waals surface area contributed by atoms with Crippen LogP contribution in [0.5, 0.6) is 5.75 Å². The van der Waals surface area contributed by atoms with Gasteiger partial charge in [-0.3, -0.25) is 0 Å². The Hall–Kier alpha value is -0.380. The van der Waals surface area contributed by atoms with Crippen LogP contribution in [0.15, 0.2) is 18.2 Å². The van der Waals surface area contributed by atoms with E-state index in [1.807, 2.05) is 36.9 Å². The Kier molecular flexibility index (Phi) is 4.00. The van der Waals surface area contributed by atoms with Crippen LogP contribution in [0.2, 0.25) is 5.02 Å². The molecule has 0 saturated carbocycles. The van der Waals surface area contributed by atoms with E-state index in [9.17, 15) is 0 Å². The van der Waals surface area contributed by atoms with E-state index in [1.165, 1.54) is 0 Å². The first-order chi connectivity index (χ1) is 7.65. The van der Waals surface area contributed by atoms with E-state index in [0.717, 1.165) is 29.2 Å². The van der Waals surface area contributed by atoms with Crippen molar-refractivity contribution in [2.75, 3.05) is 11.5 Å². The van der Waals surface area contributed by atoms with E-state index in [-0.39, 0.29) is 6.04 Å². The van der Waals surface area contributed by atoms with Crippen molar-refractivity contribution in [2.45, 2.75) is 25.5 Å². The summed E-state index contributed by atoms with van der Waals surface area (Å²) in [6.07, 6.45) is 1.18. The topological polar surface area (TPSA) is 35.2 Å². The van der Waals surface area contributed by atoms with Crippen LogP contribution in [-0.2, 0) is 6.42 Å². The van der Waals surface area contributed by atoms with Gasteiger partial charge in [0, 0.05) is 17.5 Å². The van der Waals surface area contributed by atoms with Gasteiger partial charge in [-0.25, -0.2) is 0 Å². The number of thioether (sulfide) groups is 1. The molecule has 2 N–H and O–H groups in total. The number of hydrogen-bond donors (Lipinski definition) is 1. The summed E-state index contributed by atoms with van der Waals surface area (Å²) in [6, 6.07) is 6.09. The molecule has 1 atom stereocenters. The highest BCUT2D eigenvalue weighted by Crippen LogP contribution is 2.30. The summed E-state index contributed by atoms with van der Waals surface area (Å²) in [5.41, 5.74) is 6.91. The lowest BCUT2D eigenvalue weighted by Crippen LogP contribution is -2.31. The van der Waals surface area contributed by atoms with Crippen molar-refractivity contribution in [1.82, 2.24) is 0 Å². The Morgan fingerprint density at radius 1 is 1.56 bits per heavy atom. The lowest BCUT2D eigenvalue weighted by molar-refractivity contribution is 0.240. The van der Waals surface area contributed by atoms with Crippen LogP contribution in [0, 0.1) is 0 Å². The third-order valence-electron chi connectivity index (χ3n) is 2.46. The first-order valence-electron chi connectivity index (χ1n) is 5.43. The molecule has 0 aromatic heterocycles. The Bertz CT molecular complexity index is 366. The van der Waals surface area contributed by atoms with Crippen LogP contribution in [0.4, 0.5) is 0 Å². The molecule has 1 saturated heterocycles. The van der Waals surface area contributed by atoms with Crippen molar-refractivity contribution >= 4 is 23.4 Å². The summed E-state index contributed by atoms with van der Waals surface area (Å²) >= 11 is 8.06. The van der Waals surface area contributed by atoms with E-state index in [2.05, 4.69) is 0 Å². The maximum absolute atomic E-state index is 6.17. The van der Waals surface area contributed by atoms with Gasteiger partial charge in [0.1, 0.15) is 11.9 Å². The lowest BCUT2D eigenvalue weighted by Gasteiger charge is -2.26. The molecule has 1 heterocycles. The molecule has 1 aliphatic rings. The largest absolute Gasteiger partial charge is 0.487 e. The minimum atomic E-state index is 0.158. The van der Waals surface area contributed by atoms with E-state index in [0.29, 0.717) is 11.1 Å². The van der Waals surface area contributed by atoms with Gasteiger partial charge < -0.3 is 10.5 Å². The molecule has 2 rings (SSSR count). The Morgan fingerprint density at radius 3 is 2.81 bits per heavy atom. The van der Waals surface area contributed by atoms with Crippen LogP contribution < -0.4 is 10.5 Å². The molecule has 0 bridgehead atoms. The molecular formula is C12H16ClNOS. The fraction of sp³-hybridized carbons (Fsp3) is 0.500. The molecule has 1 aromatic rings. The number of halogens is 1. The highest BCUT2D eigenvalue weighted by molar-refractivity contribution is 8.00. The minimum Gasteiger partial charge on any atom is -0.487 e. The fourth-order valence-electron chi connectivity index (χ4n) is 1.60. The normalized spacial score (nSPS) is 17.9. The third kappa shape index (κ3) is 3.06. The standard InChI is InChI=1S/C12H16ClNOS/c1-8(14)4-9-2-3-12(11(13)5-9)15-10-6-16-7-10/h2-3,5,8,10H,4,6-7,14H2,1H3. The zero-order valence-electron chi connectivity index (χ0n) is 9.28. The van der Waals surface area contributed by atoms with E-state index in [1.54, 1.807) is 0 Å². The highest BCUT2D eigenvalue weighted by Gasteiger charge is 2.20. The number of rotatable bonds is 4. The van der Waals surface area contributed by atoms with Crippen molar-refractivity contribution in [2.24, 2.45) is 5.73 Å². The number of benzene rings is 1. The Labute approximate surface area is 105 Å². The average molecular weight is 258 g/mol. The summed E-state index contributed by atoms with van der Waals surface area (Å²) in [5.74, 6) is 2.93. The van der Waals surface area contributed by atoms with Crippen molar-refractivity contribution in [3.8, 4) is 5.75 Å². The monoisotopic (exact) mass is 257 g/mol. The highest BCUT2D eigenvalue weighted by atomic mass is 35.5. The van der Waals surface area contributed by atoms with Gasteiger partial charge >= 0.3 is 0 Å². The van der Waals surface area contributed by atoms with Crippen LogP contribution >= 0.6 is 23.4 Å². The van der Waals surface area contributed by atoms with Crippen molar-refractivity contribution < 1.29 is 4.74 Å². The second kappa shape index (κ2) is 5.30. The molecule has 1 unspecified atom stereocenters. The second-order valence-corrected chi connectivity index (χ2v) is 5.71. The van der Waals surface area contributed by atoms with Gasteiger partial charge in [-0.1, -0.05) is 17.7 Å². The van der Waals surface area contributed by atoms with Gasteiger partial charge in [0.15, 0.2) is 0 Å². The summed E-state index contributed by atoms with van der Waals surface area (Å²) in [7, 11) is 0. The summed E-state index contributed by atoms with van der Waals surface area (Å²) in [6.45, 7) is 1.99. The smallest absolute Gasteiger partial charge is 0.138 e. The maximum Gasteiger partial charge on any atom is 0.138 e. The summed E-state index contributed by atoms with van der Waals surface area (Å²) < 4.78 is 5.76. The maximum atomic E-state index is 6.17. The molecule has 1 aliphatic heterocycles. The van der Waals surface area contributed by atoms with Crippen molar-refractivity contribution in [3.63, 3.8) is 0 Å². The van der Waals surface area contributed by atoms with Crippen LogP contribution in [-0.4, -0.2) is 23.7 Å². The van der Waals surface area contributed by atoms with Gasteiger partial charge in [0.05, 0.1) is 5.02 Å². The van der Waals surface area contributed by atoms with Crippen molar-refractivity contribution in [1.29, 1.82) is 0 Å². The predicted molar refractivity (Wildman–Crippen MR) is 70.5 cm³/mol. The van der Waals surface area contributed by atoms with Crippen LogP contribution in [0.1, 0.15) is 12.5 Å². The number of ether oxygens (including phenoxy) is 1. The molecule has 0 aliphatic carbocycles. The molecule has 0 radical (unpaired) electrons. The zero-order chi connectivity index (χ0) is 11.5. The summed E-state index contributed by atoms with van der Waals surface area (Å²) in [5, 5.41) is 0.690. The number of hydrogen-bond acceptors (Lipinski definition) is 3.